The first-order chi connectivity index (χ1) is 9.45. The number of nitrogen functional groups attached to an aromatic ring is 1. The van der Waals surface area contributed by atoms with Crippen molar-refractivity contribution in [1.29, 1.82) is 5.41 Å². The molecule has 0 bridgehead atoms. The SMILES string of the molecule is COC1(C)CCCN(Cc2cccc(C(=N)N)c2F)C1. The van der Waals surface area contributed by atoms with Crippen molar-refractivity contribution < 1.29 is 9.13 Å². The normalized spacial score (nSPS) is 23.8. The molecule has 0 saturated carbocycles. The molecule has 1 saturated heterocycles. The predicted molar refractivity (Wildman–Crippen MR) is 77.3 cm³/mol. The van der Waals surface area contributed by atoms with Crippen LogP contribution in [0.5, 0.6) is 0 Å². The highest BCUT2D eigenvalue weighted by molar-refractivity contribution is 5.95. The number of nitrogens with one attached hydrogen (secondary N) is 1. The molecule has 110 valence electrons. The van der Waals surface area contributed by atoms with Crippen LogP contribution in [0.2, 0.25) is 0 Å². The van der Waals surface area contributed by atoms with E-state index in [0.717, 1.165) is 25.9 Å². The zero-order valence-corrected chi connectivity index (χ0v) is 12.1. The summed E-state index contributed by atoms with van der Waals surface area (Å²) in [5.74, 6) is -0.616. The largest absolute Gasteiger partial charge is 0.384 e. The third-order valence-corrected chi connectivity index (χ3v) is 3.99. The summed E-state index contributed by atoms with van der Waals surface area (Å²) >= 11 is 0. The average Bonchev–Trinajstić information content (AvgIpc) is 2.41. The van der Waals surface area contributed by atoms with Crippen molar-refractivity contribution in [2.45, 2.75) is 31.9 Å². The lowest BCUT2D eigenvalue weighted by Gasteiger charge is -2.39. The number of hydrogen-bond acceptors (Lipinski definition) is 3. The second-order valence-electron chi connectivity index (χ2n) is 5.66. The zero-order valence-electron chi connectivity index (χ0n) is 12.1. The molecule has 3 N–H and O–H groups in total. The second-order valence-corrected chi connectivity index (χ2v) is 5.66. The summed E-state index contributed by atoms with van der Waals surface area (Å²) in [6.45, 7) is 4.32. The number of hydrogen-bond donors (Lipinski definition) is 2. The quantitative estimate of drug-likeness (QED) is 0.655. The number of rotatable bonds is 4. The molecule has 1 unspecified atom stereocenters. The lowest BCUT2D eigenvalue weighted by molar-refractivity contribution is -0.0528. The molecule has 1 aromatic carbocycles. The van der Waals surface area contributed by atoms with Gasteiger partial charge in [-0.25, -0.2) is 4.39 Å². The number of benzene rings is 1. The molecule has 5 heteroatoms. The number of nitrogens with zero attached hydrogens (tertiary/aromatic N) is 1. The molecule has 0 aromatic heterocycles. The van der Waals surface area contributed by atoms with Crippen molar-refractivity contribution in [3.63, 3.8) is 0 Å². The van der Waals surface area contributed by atoms with Crippen LogP contribution in [0, 0.1) is 11.2 Å². The topological polar surface area (TPSA) is 62.3 Å². The summed E-state index contributed by atoms with van der Waals surface area (Å²) in [5.41, 5.74) is 5.99. The molecule has 0 amide bonds. The van der Waals surface area contributed by atoms with Crippen molar-refractivity contribution in [3.05, 3.63) is 35.1 Å². The Hall–Kier alpha value is -1.46. The maximum Gasteiger partial charge on any atom is 0.138 e. The van der Waals surface area contributed by atoms with Gasteiger partial charge in [-0.15, -0.1) is 0 Å². The summed E-state index contributed by atoms with van der Waals surface area (Å²) in [4.78, 5) is 2.19. The Balaban J connectivity index is 2.14. The van der Waals surface area contributed by atoms with E-state index in [1.165, 1.54) is 6.07 Å². The summed E-state index contributed by atoms with van der Waals surface area (Å²) in [6.07, 6.45) is 2.06. The van der Waals surface area contributed by atoms with Gasteiger partial charge in [0.05, 0.1) is 11.2 Å². The number of amidine groups is 1. The average molecular weight is 279 g/mol. The summed E-state index contributed by atoms with van der Waals surface area (Å²) in [7, 11) is 1.72. The van der Waals surface area contributed by atoms with Gasteiger partial charge in [-0.05, 0) is 32.4 Å². The number of methoxy groups -OCH3 is 1. The van der Waals surface area contributed by atoms with Gasteiger partial charge in [0.15, 0.2) is 0 Å². The molecule has 1 atom stereocenters. The predicted octanol–water partition coefficient (Wildman–Crippen LogP) is 2.11. The van der Waals surface area contributed by atoms with Crippen LogP contribution in [0.4, 0.5) is 4.39 Å². The molecule has 1 aliphatic rings. The van der Waals surface area contributed by atoms with Crippen molar-refractivity contribution in [2.24, 2.45) is 5.73 Å². The third-order valence-electron chi connectivity index (χ3n) is 3.99. The zero-order chi connectivity index (χ0) is 14.8. The third kappa shape index (κ3) is 3.16. The van der Waals surface area contributed by atoms with Crippen molar-refractivity contribution >= 4 is 5.84 Å². The van der Waals surface area contributed by atoms with Gasteiger partial charge in [-0.2, -0.15) is 0 Å². The van der Waals surface area contributed by atoms with E-state index in [1.807, 2.05) is 0 Å². The van der Waals surface area contributed by atoms with Gasteiger partial charge in [0.1, 0.15) is 11.7 Å². The Kier molecular flexibility index (Phi) is 4.40. The first-order valence-electron chi connectivity index (χ1n) is 6.84. The lowest BCUT2D eigenvalue weighted by Crippen LogP contribution is -2.47. The van der Waals surface area contributed by atoms with Crippen LogP contribution in [0.25, 0.3) is 0 Å². The Labute approximate surface area is 119 Å². The van der Waals surface area contributed by atoms with Gasteiger partial charge in [-0.1, -0.05) is 12.1 Å². The van der Waals surface area contributed by atoms with E-state index in [2.05, 4.69) is 11.8 Å². The molecular weight excluding hydrogens is 257 g/mol. The van der Waals surface area contributed by atoms with Crippen molar-refractivity contribution in [1.82, 2.24) is 4.90 Å². The summed E-state index contributed by atoms with van der Waals surface area (Å²) < 4.78 is 19.8. The van der Waals surface area contributed by atoms with Gasteiger partial charge < -0.3 is 10.5 Å². The van der Waals surface area contributed by atoms with Gasteiger partial charge in [-0.3, -0.25) is 10.3 Å². The molecule has 4 nitrogen and oxygen atoms in total. The highest BCUT2D eigenvalue weighted by Crippen LogP contribution is 2.25. The maximum atomic E-state index is 14.3. The smallest absolute Gasteiger partial charge is 0.138 e. The highest BCUT2D eigenvalue weighted by Gasteiger charge is 2.31. The van der Waals surface area contributed by atoms with E-state index < -0.39 is 0 Å². The molecule has 1 fully saturated rings. The van der Waals surface area contributed by atoms with Crippen LogP contribution in [-0.2, 0) is 11.3 Å². The van der Waals surface area contributed by atoms with E-state index in [-0.39, 0.29) is 22.8 Å². The maximum absolute atomic E-state index is 14.3. The van der Waals surface area contributed by atoms with Crippen LogP contribution < -0.4 is 5.73 Å². The first kappa shape index (κ1) is 14.9. The van der Waals surface area contributed by atoms with Crippen LogP contribution >= 0.6 is 0 Å². The summed E-state index contributed by atoms with van der Waals surface area (Å²) in [6, 6.07) is 5.03. The number of halogens is 1. The van der Waals surface area contributed by atoms with Gasteiger partial charge in [0.25, 0.3) is 0 Å². The minimum absolute atomic E-state index is 0.160. The Morgan fingerprint density at radius 3 is 2.95 bits per heavy atom. The lowest BCUT2D eigenvalue weighted by atomic mass is 9.94. The summed E-state index contributed by atoms with van der Waals surface area (Å²) in [5, 5.41) is 7.39. The fraction of sp³-hybridized carbons (Fsp3) is 0.533. The van der Waals surface area contributed by atoms with Gasteiger partial charge >= 0.3 is 0 Å². The van der Waals surface area contributed by atoms with E-state index in [1.54, 1.807) is 19.2 Å². The minimum Gasteiger partial charge on any atom is -0.384 e. The molecule has 0 aliphatic carbocycles. The number of ether oxygens (including phenoxy) is 1. The molecule has 1 aromatic rings. The monoisotopic (exact) mass is 279 g/mol. The molecule has 20 heavy (non-hydrogen) atoms. The Morgan fingerprint density at radius 2 is 2.30 bits per heavy atom. The minimum atomic E-state index is -0.385. The first-order valence-corrected chi connectivity index (χ1v) is 6.84. The Morgan fingerprint density at radius 1 is 1.55 bits per heavy atom. The molecule has 2 rings (SSSR count). The molecule has 0 spiro atoms. The van der Waals surface area contributed by atoms with Gasteiger partial charge in [0, 0.05) is 25.8 Å². The standard InChI is InChI=1S/C15H22FN3O/c1-15(20-2)7-4-8-19(10-15)9-11-5-3-6-12(13(11)16)14(17)18/h3,5-6H,4,7-10H2,1-2H3,(H3,17,18). The molecule has 1 aliphatic heterocycles. The van der Waals surface area contributed by atoms with Crippen LogP contribution in [0.1, 0.15) is 30.9 Å². The highest BCUT2D eigenvalue weighted by atomic mass is 19.1. The van der Waals surface area contributed by atoms with E-state index in [4.69, 9.17) is 15.9 Å². The van der Waals surface area contributed by atoms with E-state index in [9.17, 15) is 4.39 Å². The fourth-order valence-corrected chi connectivity index (χ4v) is 2.76. The molecule has 1 heterocycles. The van der Waals surface area contributed by atoms with Crippen LogP contribution in [0.15, 0.2) is 18.2 Å². The molecular formula is C15H22FN3O. The second kappa shape index (κ2) is 5.89. The van der Waals surface area contributed by atoms with Crippen LogP contribution in [0.3, 0.4) is 0 Å². The molecule has 0 radical (unpaired) electrons. The van der Waals surface area contributed by atoms with E-state index in [0.29, 0.717) is 12.1 Å². The number of likely N-dealkylation sites (tertiary alicyclic amines) is 1. The Bertz CT molecular complexity index is 506. The van der Waals surface area contributed by atoms with E-state index >= 15 is 0 Å². The number of piperidine rings is 1. The fourth-order valence-electron chi connectivity index (χ4n) is 2.76. The number of nitrogens with two attached hydrogens (primary N) is 1. The van der Waals surface area contributed by atoms with Crippen LogP contribution in [-0.4, -0.2) is 36.5 Å². The van der Waals surface area contributed by atoms with Gasteiger partial charge in [0.2, 0.25) is 0 Å². The van der Waals surface area contributed by atoms with Crippen molar-refractivity contribution in [2.75, 3.05) is 20.2 Å². The van der Waals surface area contributed by atoms with Crippen molar-refractivity contribution in [3.8, 4) is 0 Å².